The summed E-state index contributed by atoms with van der Waals surface area (Å²) in [5.41, 5.74) is 2.72. The van der Waals surface area contributed by atoms with Crippen LogP contribution in [0.4, 0.5) is 19.3 Å². The van der Waals surface area contributed by atoms with Gasteiger partial charge in [-0.1, -0.05) is 100 Å². The molecule has 1 aliphatic rings. The first-order valence-corrected chi connectivity index (χ1v) is 18.5. The Morgan fingerprint density at radius 3 is 2.18 bits per heavy atom. The van der Waals surface area contributed by atoms with Crippen molar-refractivity contribution in [3.8, 4) is 0 Å². The fourth-order valence-electron chi connectivity index (χ4n) is 6.45. The summed E-state index contributed by atoms with van der Waals surface area (Å²) in [6, 6.07) is 20.2. The van der Waals surface area contributed by atoms with Gasteiger partial charge in [0, 0.05) is 31.1 Å². The van der Waals surface area contributed by atoms with Crippen LogP contribution in [0.25, 0.3) is 0 Å². The molecule has 5 atom stereocenters. The normalized spacial score (nSPS) is 17.0. The molecule has 296 valence electrons. The van der Waals surface area contributed by atoms with Gasteiger partial charge < -0.3 is 36.0 Å². The second-order valence-corrected chi connectivity index (χ2v) is 14.5. The first kappa shape index (κ1) is 42.2. The summed E-state index contributed by atoms with van der Waals surface area (Å²) in [5.74, 6) is -3.74. The highest BCUT2D eigenvalue weighted by Crippen LogP contribution is 2.33. The topological polar surface area (TPSA) is 166 Å². The minimum absolute atomic E-state index is 0.0394. The van der Waals surface area contributed by atoms with Gasteiger partial charge in [-0.2, -0.15) is 0 Å². The van der Waals surface area contributed by atoms with Crippen molar-refractivity contribution in [1.82, 2.24) is 20.9 Å². The number of carbonyl (C=O) groups excluding carboxylic acids is 4. The number of halogens is 2. The number of alkyl carbamates (subject to hydrolysis) is 1. The molecule has 14 heteroatoms. The zero-order valence-corrected chi connectivity index (χ0v) is 31.5. The molecule has 0 aromatic heterocycles. The third kappa shape index (κ3) is 12.5. The summed E-state index contributed by atoms with van der Waals surface area (Å²) in [4.78, 5) is 67.2. The molecular formula is C41H51F2N5O7. The van der Waals surface area contributed by atoms with Crippen LogP contribution in [-0.2, 0) is 30.3 Å². The molecule has 4 amide bonds. The Balaban J connectivity index is 1.45. The third-order valence-corrected chi connectivity index (χ3v) is 9.29. The fourth-order valence-corrected chi connectivity index (χ4v) is 6.45. The molecule has 0 spiro atoms. The van der Waals surface area contributed by atoms with Gasteiger partial charge in [-0.25, -0.2) is 18.4 Å². The van der Waals surface area contributed by atoms with Crippen molar-refractivity contribution < 1.29 is 42.6 Å². The van der Waals surface area contributed by atoms with E-state index in [1.807, 2.05) is 44.2 Å². The number of aliphatic carboxylic acids is 1. The quantitative estimate of drug-likeness (QED) is 0.113. The Bertz CT molecular complexity index is 1750. The molecule has 12 nitrogen and oxygen atoms in total. The molecule has 1 heterocycles. The first-order valence-electron chi connectivity index (χ1n) is 18.5. The molecule has 1 saturated heterocycles. The number of alkyl halides is 2. The Kier molecular flexibility index (Phi) is 15.5. The van der Waals surface area contributed by atoms with Crippen LogP contribution in [0.15, 0.2) is 84.9 Å². The predicted octanol–water partition coefficient (Wildman–Crippen LogP) is 5.51. The summed E-state index contributed by atoms with van der Waals surface area (Å²) in [7, 11) is 0. The average molecular weight is 764 g/mol. The summed E-state index contributed by atoms with van der Waals surface area (Å²) < 4.78 is 32.9. The molecule has 5 N–H and O–H groups in total. The molecule has 3 aromatic carbocycles. The third-order valence-electron chi connectivity index (χ3n) is 9.29. The number of hydrogen-bond acceptors (Lipinski definition) is 7. The van der Waals surface area contributed by atoms with Crippen LogP contribution in [0.1, 0.15) is 69.2 Å². The largest absolute Gasteiger partial charge is 0.479 e. The van der Waals surface area contributed by atoms with Gasteiger partial charge >= 0.3 is 12.1 Å². The van der Waals surface area contributed by atoms with Crippen molar-refractivity contribution in [3.05, 3.63) is 102 Å². The zero-order chi connectivity index (χ0) is 40.1. The van der Waals surface area contributed by atoms with E-state index in [1.54, 1.807) is 68.4 Å². The van der Waals surface area contributed by atoms with Crippen molar-refractivity contribution in [3.63, 3.8) is 0 Å². The Hall–Kier alpha value is -5.53. The van der Waals surface area contributed by atoms with Crippen molar-refractivity contribution in [2.75, 3.05) is 25.0 Å². The van der Waals surface area contributed by atoms with Gasteiger partial charge in [-0.15, -0.1) is 0 Å². The van der Waals surface area contributed by atoms with Crippen molar-refractivity contribution >= 4 is 35.5 Å². The number of benzene rings is 3. The number of carbonyl (C=O) groups is 5. The van der Waals surface area contributed by atoms with Gasteiger partial charge in [0.2, 0.25) is 24.1 Å². The maximum atomic E-state index is 14.1. The SMILES string of the molecule is CC(C)COC(=O)N[C@H](C(=O)N1C[C@H](c2ccccc2)C[C@H]1C(=O)N[C@@H](CC(F)F)C(=O)NCCc1cccc(NC(C(=O)O)c2ccccc2)c1)C(C)C. The lowest BCUT2D eigenvalue weighted by molar-refractivity contribution is -0.141. The Morgan fingerprint density at radius 2 is 1.56 bits per heavy atom. The molecule has 1 aliphatic heterocycles. The lowest BCUT2D eigenvalue weighted by Crippen LogP contribution is -2.57. The predicted molar refractivity (Wildman–Crippen MR) is 203 cm³/mol. The van der Waals surface area contributed by atoms with Crippen LogP contribution in [0, 0.1) is 11.8 Å². The van der Waals surface area contributed by atoms with Crippen LogP contribution in [0.3, 0.4) is 0 Å². The van der Waals surface area contributed by atoms with Gasteiger partial charge in [0.25, 0.3) is 0 Å². The van der Waals surface area contributed by atoms with Gasteiger partial charge in [-0.3, -0.25) is 14.4 Å². The summed E-state index contributed by atoms with van der Waals surface area (Å²) in [5, 5.41) is 20.6. The van der Waals surface area contributed by atoms with Crippen LogP contribution < -0.4 is 21.3 Å². The maximum Gasteiger partial charge on any atom is 0.407 e. The van der Waals surface area contributed by atoms with E-state index in [9.17, 15) is 37.9 Å². The van der Waals surface area contributed by atoms with E-state index in [0.717, 1.165) is 11.1 Å². The maximum absolute atomic E-state index is 14.1. The molecule has 0 aliphatic carbocycles. The van der Waals surface area contributed by atoms with Crippen LogP contribution >= 0.6 is 0 Å². The number of hydrogen-bond donors (Lipinski definition) is 5. The number of carboxylic acid groups (broad SMARTS) is 1. The Morgan fingerprint density at radius 1 is 0.891 bits per heavy atom. The number of rotatable bonds is 18. The number of nitrogens with one attached hydrogen (secondary N) is 4. The van der Waals surface area contributed by atoms with Gasteiger partial charge in [0.1, 0.15) is 18.1 Å². The highest BCUT2D eigenvalue weighted by molar-refractivity contribution is 5.94. The van der Waals surface area contributed by atoms with E-state index in [0.29, 0.717) is 11.3 Å². The molecule has 1 fully saturated rings. The molecule has 55 heavy (non-hydrogen) atoms. The Labute approximate surface area is 320 Å². The number of nitrogens with zero attached hydrogens (tertiary/aromatic N) is 1. The highest BCUT2D eigenvalue weighted by Gasteiger charge is 2.44. The van der Waals surface area contributed by atoms with Gasteiger partial charge in [0.05, 0.1) is 6.61 Å². The zero-order valence-electron chi connectivity index (χ0n) is 31.5. The molecule has 0 radical (unpaired) electrons. The van der Waals surface area contributed by atoms with E-state index in [4.69, 9.17) is 4.74 Å². The van der Waals surface area contributed by atoms with E-state index < -0.39 is 66.8 Å². The summed E-state index contributed by atoms with van der Waals surface area (Å²) in [6.45, 7) is 7.57. The average Bonchev–Trinajstić information content (AvgIpc) is 3.61. The van der Waals surface area contributed by atoms with Crippen molar-refractivity contribution in [1.29, 1.82) is 0 Å². The number of likely N-dealkylation sites (tertiary alicyclic amines) is 1. The van der Waals surface area contributed by atoms with Crippen molar-refractivity contribution in [2.24, 2.45) is 11.8 Å². The second-order valence-electron chi connectivity index (χ2n) is 14.5. The van der Waals surface area contributed by atoms with Crippen LogP contribution in [0.5, 0.6) is 0 Å². The molecular weight excluding hydrogens is 712 g/mol. The number of amides is 4. The van der Waals surface area contributed by atoms with E-state index in [2.05, 4.69) is 21.3 Å². The van der Waals surface area contributed by atoms with Gasteiger partial charge in [0.15, 0.2) is 6.04 Å². The minimum atomic E-state index is -2.92. The molecule has 3 aromatic rings. The summed E-state index contributed by atoms with van der Waals surface area (Å²) >= 11 is 0. The molecule has 1 unspecified atom stereocenters. The van der Waals surface area contributed by atoms with Crippen LogP contribution in [-0.4, -0.2) is 84.0 Å². The molecule has 0 bridgehead atoms. The van der Waals surface area contributed by atoms with Crippen LogP contribution in [0.2, 0.25) is 0 Å². The van der Waals surface area contributed by atoms with Gasteiger partial charge in [-0.05, 0) is 53.5 Å². The number of anilines is 1. The standard InChI is InChI=1S/C41H51F2N5O7/c1-25(2)24-55-41(54)47-35(26(3)4)39(51)48-23-30(28-13-7-5-8-14-28)21-33(48)38(50)46-32(22-34(42)43)37(49)44-19-18-27-12-11-17-31(20-27)45-36(40(52)53)29-15-9-6-10-16-29/h5-17,20,25-26,30,32-36,45H,18-19,21-24H2,1-4H3,(H,44,49)(H,46,50)(H,47,54)(H,52,53)/t30-,32+,33+,35+,36?/m1/s1. The first-order chi connectivity index (χ1) is 26.2. The smallest absolute Gasteiger partial charge is 0.407 e. The lowest BCUT2D eigenvalue weighted by atomic mass is 9.96. The highest BCUT2D eigenvalue weighted by atomic mass is 19.3. The van der Waals surface area contributed by atoms with E-state index in [-0.39, 0.29) is 50.3 Å². The van der Waals surface area contributed by atoms with E-state index >= 15 is 0 Å². The fraction of sp³-hybridized carbons (Fsp3) is 0.439. The van der Waals surface area contributed by atoms with E-state index in [1.165, 1.54) is 4.90 Å². The second kappa shape index (κ2) is 20.2. The molecule has 4 rings (SSSR count). The molecule has 0 saturated carbocycles. The minimum Gasteiger partial charge on any atom is -0.479 e. The lowest BCUT2D eigenvalue weighted by Gasteiger charge is -2.31. The van der Waals surface area contributed by atoms with Crippen molar-refractivity contribution in [2.45, 2.75) is 83.5 Å². The monoisotopic (exact) mass is 763 g/mol. The summed E-state index contributed by atoms with van der Waals surface area (Å²) in [6.07, 6.45) is -4.19. The number of ether oxygens (including phenoxy) is 1. The number of carboxylic acids is 1.